The molecule has 7 heteroatoms. The topological polar surface area (TPSA) is 83.6 Å². The van der Waals surface area contributed by atoms with Crippen molar-refractivity contribution < 1.29 is 23.5 Å². The molecule has 4 aromatic rings. The van der Waals surface area contributed by atoms with Gasteiger partial charge in [0.1, 0.15) is 22.8 Å². The highest BCUT2D eigenvalue weighted by Gasteiger charge is 2.32. The van der Waals surface area contributed by atoms with Crippen LogP contribution in [0.15, 0.2) is 71.1 Å². The smallest absolute Gasteiger partial charge is 0.357 e. The molecule has 0 saturated carbocycles. The third kappa shape index (κ3) is 3.61. The summed E-state index contributed by atoms with van der Waals surface area (Å²) in [6.07, 6.45) is 0. The van der Waals surface area contributed by atoms with E-state index in [2.05, 4.69) is 5.10 Å². The van der Waals surface area contributed by atoms with Crippen LogP contribution in [0.2, 0.25) is 0 Å². The maximum absolute atomic E-state index is 12.8. The van der Waals surface area contributed by atoms with Crippen molar-refractivity contribution in [1.82, 2.24) is 9.78 Å². The Bertz CT molecular complexity index is 1250. The number of carbonyl (C=O) groups excluding carboxylic acids is 2. The first-order chi connectivity index (χ1) is 15.0. The first-order valence-electron chi connectivity index (χ1n) is 9.56. The number of ether oxygens (including phenoxy) is 2. The Morgan fingerprint density at radius 2 is 1.48 bits per heavy atom. The average molecular weight is 416 g/mol. The van der Waals surface area contributed by atoms with Gasteiger partial charge in [-0.3, -0.25) is 0 Å². The number of benzene rings is 2. The van der Waals surface area contributed by atoms with E-state index < -0.39 is 11.9 Å². The fourth-order valence-corrected chi connectivity index (χ4v) is 3.43. The number of methoxy groups -OCH3 is 2. The second-order valence-corrected chi connectivity index (χ2v) is 6.76. The predicted octanol–water partition coefficient (Wildman–Crippen LogP) is 4.68. The number of carbonyl (C=O) groups is 2. The molecule has 0 aliphatic carbocycles. The van der Waals surface area contributed by atoms with Crippen molar-refractivity contribution in [2.45, 2.75) is 6.92 Å². The summed E-state index contributed by atoms with van der Waals surface area (Å²) in [7, 11) is 2.51. The molecule has 0 bridgehead atoms. The van der Waals surface area contributed by atoms with Crippen molar-refractivity contribution in [2.75, 3.05) is 14.2 Å². The van der Waals surface area contributed by atoms with Crippen LogP contribution in [-0.4, -0.2) is 35.9 Å². The number of nitrogens with zero attached hydrogens (tertiary/aromatic N) is 2. The summed E-state index contributed by atoms with van der Waals surface area (Å²) in [4.78, 5) is 25.6. The minimum absolute atomic E-state index is 0.0130. The molecule has 4 rings (SSSR count). The largest absolute Gasteiger partial charge is 0.465 e. The van der Waals surface area contributed by atoms with Crippen molar-refractivity contribution >= 4 is 11.9 Å². The number of esters is 2. The number of rotatable bonds is 5. The van der Waals surface area contributed by atoms with Gasteiger partial charge in [-0.15, -0.1) is 0 Å². The Balaban J connectivity index is 2.05. The molecule has 0 unspecified atom stereocenters. The minimum Gasteiger partial charge on any atom is -0.465 e. The highest BCUT2D eigenvalue weighted by molar-refractivity contribution is 6.07. The maximum atomic E-state index is 12.8. The molecule has 0 radical (unpaired) electrons. The van der Waals surface area contributed by atoms with Gasteiger partial charge < -0.3 is 13.9 Å². The monoisotopic (exact) mass is 416 g/mol. The first kappa shape index (κ1) is 20.2. The van der Waals surface area contributed by atoms with Gasteiger partial charge in [0, 0.05) is 11.1 Å². The second-order valence-electron chi connectivity index (χ2n) is 6.76. The molecule has 31 heavy (non-hydrogen) atoms. The van der Waals surface area contributed by atoms with Crippen LogP contribution in [0.3, 0.4) is 0 Å². The van der Waals surface area contributed by atoms with Crippen LogP contribution < -0.4 is 0 Å². The summed E-state index contributed by atoms with van der Waals surface area (Å²) in [5, 5.41) is 4.66. The fraction of sp³-hybridized carbons (Fsp3) is 0.125. The molecular weight excluding hydrogens is 396 g/mol. The molecule has 0 aliphatic rings. The van der Waals surface area contributed by atoms with Gasteiger partial charge in [0.15, 0.2) is 5.69 Å². The van der Waals surface area contributed by atoms with Crippen LogP contribution in [0.5, 0.6) is 0 Å². The highest BCUT2D eigenvalue weighted by Crippen LogP contribution is 2.36. The zero-order valence-electron chi connectivity index (χ0n) is 17.3. The van der Waals surface area contributed by atoms with Gasteiger partial charge in [0.2, 0.25) is 0 Å². The molecule has 0 N–H and O–H groups in total. The van der Waals surface area contributed by atoms with E-state index in [1.165, 1.54) is 18.9 Å². The summed E-state index contributed by atoms with van der Waals surface area (Å²) < 4.78 is 17.2. The number of hydrogen-bond acceptors (Lipinski definition) is 6. The van der Waals surface area contributed by atoms with Gasteiger partial charge in [0.25, 0.3) is 0 Å². The van der Waals surface area contributed by atoms with Crippen LogP contribution in [0.4, 0.5) is 0 Å². The van der Waals surface area contributed by atoms with E-state index in [9.17, 15) is 9.59 Å². The molecule has 2 aromatic carbocycles. The molecule has 0 saturated heterocycles. The fourth-order valence-electron chi connectivity index (χ4n) is 3.43. The van der Waals surface area contributed by atoms with Gasteiger partial charge in [-0.25, -0.2) is 14.3 Å². The summed E-state index contributed by atoms with van der Waals surface area (Å²) in [5.41, 5.74) is 2.26. The zero-order chi connectivity index (χ0) is 22.0. The third-order valence-corrected chi connectivity index (χ3v) is 4.84. The maximum Gasteiger partial charge on any atom is 0.357 e. The molecule has 0 fully saturated rings. The quantitative estimate of drug-likeness (QED) is 0.439. The summed E-state index contributed by atoms with van der Waals surface area (Å²) >= 11 is 0. The molecule has 0 aliphatic heterocycles. The van der Waals surface area contributed by atoms with Gasteiger partial charge in [-0.05, 0) is 31.2 Å². The highest BCUT2D eigenvalue weighted by atomic mass is 16.5. The van der Waals surface area contributed by atoms with E-state index in [1.807, 2.05) is 61.5 Å². The van der Waals surface area contributed by atoms with Crippen LogP contribution in [0, 0.1) is 6.92 Å². The number of aryl methyl sites for hydroxylation is 1. The predicted molar refractivity (Wildman–Crippen MR) is 114 cm³/mol. The van der Waals surface area contributed by atoms with Crippen molar-refractivity contribution in [3.8, 4) is 28.3 Å². The normalized spacial score (nSPS) is 10.7. The second kappa shape index (κ2) is 8.31. The standard InChI is InChI=1S/C24H20N2O5/c1-15-13-14-19(31-15)17-11-7-8-12-18(17)21-20(23(27)29-2)22(24(28)30-3)26(25-21)16-9-5-4-6-10-16/h4-14H,1-3H3. The van der Waals surface area contributed by atoms with E-state index in [0.717, 1.165) is 11.3 Å². The van der Waals surface area contributed by atoms with E-state index >= 15 is 0 Å². The van der Waals surface area contributed by atoms with Gasteiger partial charge in [-0.2, -0.15) is 5.10 Å². The Morgan fingerprint density at radius 1 is 0.839 bits per heavy atom. The first-order valence-corrected chi connectivity index (χ1v) is 9.56. The summed E-state index contributed by atoms with van der Waals surface area (Å²) in [6.45, 7) is 1.85. The van der Waals surface area contributed by atoms with E-state index in [1.54, 1.807) is 12.1 Å². The average Bonchev–Trinajstić information content (AvgIpc) is 3.42. The number of para-hydroxylation sites is 1. The van der Waals surface area contributed by atoms with Gasteiger partial charge in [-0.1, -0.05) is 42.5 Å². The van der Waals surface area contributed by atoms with Crippen LogP contribution in [0.25, 0.3) is 28.3 Å². The molecule has 7 nitrogen and oxygen atoms in total. The molecule has 2 aromatic heterocycles. The Labute approximate surface area is 178 Å². The van der Waals surface area contributed by atoms with E-state index in [4.69, 9.17) is 13.9 Å². The van der Waals surface area contributed by atoms with E-state index in [0.29, 0.717) is 22.7 Å². The lowest BCUT2D eigenvalue weighted by Crippen LogP contribution is -2.15. The molecule has 0 amide bonds. The minimum atomic E-state index is -0.700. The molecule has 0 atom stereocenters. The Kier molecular flexibility index (Phi) is 5.41. The lowest BCUT2D eigenvalue weighted by Gasteiger charge is -2.08. The van der Waals surface area contributed by atoms with Crippen LogP contribution in [-0.2, 0) is 9.47 Å². The molecule has 156 valence electrons. The number of furan rings is 1. The van der Waals surface area contributed by atoms with Gasteiger partial charge in [0.05, 0.1) is 19.9 Å². The van der Waals surface area contributed by atoms with Crippen molar-refractivity contribution in [3.63, 3.8) is 0 Å². The van der Waals surface area contributed by atoms with Crippen LogP contribution >= 0.6 is 0 Å². The summed E-state index contributed by atoms with van der Waals surface area (Å²) in [6, 6.07) is 20.1. The lowest BCUT2D eigenvalue weighted by atomic mass is 9.99. The van der Waals surface area contributed by atoms with Gasteiger partial charge >= 0.3 is 11.9 Å². The van der Waals surface area contributed by atoms with Crippen molar-refractivity contribution in [2.24, 2.45) is 0 Å². The third-order valence-electron chi connectivity index (χ3n) is 4.84. The molecular formula is C24H20N2O5. The van der Waals surface area contributed by atoms with Crippen molar-refractivity contribution in [3.05, 3.63) is 83.7 Å². The Hall–Kier alpha value is -4.13. The SMILES string of the molecule is COC(=O)c1c(-c2ccccc2-c2ccc(C)o2)nn(-c2ccccc2)c1C(=O)OC. The summed E-state index contributed by atoms with van der Waals surface area (Å²) in [5.74, 6) is -0.0156. The number of aromatic nitrogens is 2. The molecule has 0 spiro atoms. The van der Waals surface area contributed by atoms with Crippen LogP contribution in [0.1, 0.15) is 26.6 Å². The zero-order valence-corrected chi connectivity index (χ0v) is 17.3. The number of hydrogen-bond donors (Lipinski definition) is 0. The van der Waals surface area contributed by atoms with Crippen molar-refractivity contribution in [1.29, 1.82) is 0 Å². The Morgan fingerprint density at radius 3 is 2.10 bits per heavy atom. The molecule has 2 heterocycles. The lowest BCUT2D eigenvalue weighted by molar-refractivity contribution is 0.0549. The van der Waals surface area contributed by atoms with E-state index in [-0.39, 0.29) is 11.3 Å².